The number of nitrogens with one attached hydrogen (secondary N) is 1. The Bertz CT molecular complexity index is 740. The maximum absolute atomic E-state index is 12.6. The molecule has 1 aliphatic carbocycles. The molecule has 0 spiro atoms. The van der Waals surface area contributed by atoms with Gasteiger partial charge in [-0.25, -0.2) is 0 Å². The van der Waals surface area contributed by atoms with Gasteiger partial charge in [0.1, 0.15) is 0 Å². The predicted molar refractivity (Wildman–Crippen MR) is 82.7 cm³/mol. The molecule has 0 aliphatic heterocycles. The Labute approximate surface area is 141 Å². The first-order chi connectivity index (χ1) is 11.8. The van der Waals surface area contributed by atoms with Crippen LogP contribution in [0.3, 0.4) is 0 Å². The summed E-state index contributed by atoms with van der Waals surface area (Å²) in [5.41, 5.74) is -0.313. The van der Waals surface area contributed by atoms with E-state index in [1.54, 1.807) is 0 Å². The van der Waals surface area contributed by atoms with Crippen LogP contribution in [0.1, 0.15) is 41.7 Å². The minimum Gasteiger partial charge on any atom is -0.393 e. The smallest absolute Gasteiger partial charge is 0.393 e. The average Bonchev–Trinajstić information content (AvgIpc) is 3.04. The van der Waals surface area contributed by atoms with Gasteiger partial charge < -0.3 is 14.9 Å². The van der Waals surface area contributed by atoms with E-state index >= 15 is 0 Å². The molecule has 25 heavy (non-hydrogen) atoms. The van der Waals surface area contributed by atoms with E-state index in [1.165, 1.54) is 18.2 Å². The molecule has 0 saturated heterocycles. The van der Waals surface area contributed by atoms with Gasteiger partial charge in [-0.1, -0.05) is 17.3 Å². The van der Waals surface area contributed by atoms with Gasteiger partial charge in [-0.2, -0.15) is 13.2 Å². The van der Waals surface area contributed by atoms with Crippen molar-refractivity contribution in [2.24, 2.45) is 0 Å². The van der Waals surface area contributed by atoms with Gasteiger partial charge >= 0.3 is 6.18 Å². The number of hydrogen-bond donors (Lipinski definition) is 2. The van der Waals surface area contributed by atoms with Crippen LogP contribution < -0.4 is 5.32 Å². The highest BCUT2D eigenvalue weighted by Crippen LogP contribution is 2.31. The summed E-state index contributed by atoms with van der Waals surface area (Å²) in [7, 11) is 0. The van der Waals surface area contributed by atoms with Crippen LogP contribution in [0.5, 0.6) is 0 Å². The van der Waals surface area contributed by atoms with E-state index < -0.39 is 23.8 Å². The van der Waals surface area contributed by atoms with Crippen LogP contribution in [-0.2, 0) is 6.18 Å². The topological polar surface area (TPSA) is 75.4 Å². The van der Waals surface area contributed by atoms with Crippen molar-refractivity contribution in [2.75, 3.05) is 0 Å². The molecule has 2 aromatic rings. The number of benzene rings is 1. The number of aromatic nitrogens is 1. The van der Waals surface area contributed by atoms with Gasteiger partial charge in [0.2, 0.25) is 0 Å². The van der Waals surface area contributed by atoms with Crippen LogP contribution in [0.2, 0.25) is 0 Å². The molecule has 1 aliphatic rings. The highest BCUT2D eigenvalue weighted by molar-refractivity contribution is 5.93. The van der Waals surface area contributed by atoms with Crippen molar-refractivity contribution in [2.45, 2.75) is 44.0 Å². The summed E-state index contributed by atoms with van der Waals surface area (Å²) in [5.74, 6) is -0.219. The Morgan fingerprint density at radius 1 is 1.24 bits per heavy atom. The van der Waals surface area contributed by atoms with E-state index in [0.717, 1.165) is 31.4 Å². The zero-order chi connectivity index (χ0) is 18.0. The molecule has 8 heteroatoms. The monoisotopic (exact) mass is 354 g/mol. The SMILES string of the molecule is O=C(N[C@H]1CCC[C@@H](O)C1)c1cc(-c2ccc(C(F)(F)F)cc2)on1. The van der Waals surface area contributed by atoms with Gasteiger partial charge in [0.05, 0.1) is 11.7 Å². The Morgan fingerprint density at radius 3 is 2.60 bits per heavy atom. The van der Waals surface area contributed by atoms with Gasteiger partial charge in [-0.3, -0.25) is 4.79 Å². The molecule has 2 N–H and O–H groups in total. The first-order valence-corrected chi connectivity index (χ1v) is 7.96. The summed E-state index contributed by atoms with van der Waals surface area (Å²) in [4.78, 5) is 12.2. The number of aliphatic hydroxyl groups is 1. The summed E-state index contributed by atoms with van der Waals surface area (Å²) in [6.07, 6.45) is -1.98. The van der Waals surface area contributed by atoms with E-state index in [-0.39, 0.29) is 17.5 Å². The fourth-order valence-corrected chi connectivity index (χ4v) is 2.90. The van der Waals surface area contributed by atoms with Crippen molar-refractivity contribution < 1.29 is 27.6 Å². The maximum atomic E-state index is 12.6. The highest BCUT2D eigenvalue weighted by Gasteiger charge is 2.30. The van der Waals surface area contributed by atoms with Gasteiger partial charge in [0, 0.05) is 17.7 Å². The van der Waals surface area contributed by atoms with Crippen molar-refractivity contribution in [3.8, 4) is 11.3 Å². The number of carbonyl (C=O) groups is 1. The Kier molecular flexibility index (Phi) is 4.80. The molecule has 1 amide bonds. The number of carbonyl (C=O) groups excluding carboxylic acids is 1. The van der Waals surface area contributed by atoms with Crippen LogP contribution in [0.4, 0.5) is 13.2 Å². The normalized spacial score (nSPS) is 21.1. The van der Waals surface area contributed by atoms with Crippen molar-refractivity contribution in [1.82, 2.24) is 10.5 Å². The molecule has 0 unspecified atom stereocenters. The molecular weight excluding hydrogens is 337 g/mol. The first-order valence-electron chi connectivity index (χ1n) is 7.96. The average molecular weight is 354 g/mol. The summed E-state index contributed by atoms with van der Waals surface area (Å²) >= 11 is 0. The number of amides is 1. The Morgan fingerprint density at radius 2 is 1.96 bits per heavy atom. The fourth-order valence-electron chi connectivity index (χ4n) is 2.90. The van der Waals surface area contributed by atoms with E-state index in [4.69, 9.17) is 4.52 Å². The lowest BCUT2D eigenvalue weighted by atomic mass is 9.93. The highest BCUT2D eigenvalue weighted by atomic mass is 19.4. The summed E-state index contributed by atoms with van der Waals surface area (Å²) in [5, 5.41) is 16.1. The van der Waals surface area contributed by atoms with Crippen molar-refractivity contribution >= 4 is 5.91 Å². The zero-order valence-electron chi connectivity index (χ0n) is 13.2. The van der Waals surface area contributed by atoms with Crippen LogP contribution in [0.25, 0.3) is 11.3 Å². The van der Waals surface area contributed by atoms with Gasteiger partial charge in [-0.05, 0) is 37.8 Å². The quantitative estimate of drug-likeness (QED) is 0.886. The van der Waals surface area contributed by atoms with Gasteiger partial charge in [0.15, 0.2) is 11.5 Å². The second-order valence-electron chi connectivity index (χ2n) is 6.14. The molecule has 1 heterocycles. The minimum absolute atomic E-state index is 0.0509. The van der Waals surface area contributed by atoms with Gasteiger partial charge in [0.25, 0.3) is 5.91 Å². The largest absolute Gasteiger partial charge is 0.416 e. The lowest BCUT2D eigenvalue weighted by Gasteiger charge is -2.26. The molecule has 1 saturated carbocycles. The third-order valence-electron chi connectivity index (χ3n) is 4.22. The second-order valence-corrected chi connectivity index (χ2v) is 6.14. The molecule has 1 fully saturated rings. The van der Waals surface area contributed by atoms with Crippen LogP contribution in [0, 0.1) is 0 Å². The molecule has 3 rings (SSSR count). The molecule has 5 nitrogen and oxygen atoms in total. The van der Waals surface area contributed by atoms with Crippen molar-refractivity contribution in [3.05, 3.63) is 41.6 Å². The molecule has 134 valence electrons. The lowest BCUT2D eigenvalue weighted by molar-refractivity contribution is -0.137. The minimum atomic E-state index is -4.41. The molecule has 0 radical (unpaired) electrons. The number of hydrogen-bond acceptors (Lipinski definition) is 4. The molecule has 1 aromatic heterocycles. The zero-order valence-corrected chi connectivity index (χ0v) is 13.2. The van der Waals surface area contributed by atoms with E-state index in [1.807, 2.05) is 0 Å². The molecule has 1 aromatic carbocycles. The Hall–Kier alpha value is -2.35. The van der Waals surface area contributed by atoms with E-state index in [9.17, 15) is 23.1 Å². The summed E-state index contributed by atoms with van der Waals surface area (Å²) < 4.78 is 42.8. The number of halogens is 3. The summed E-state index contributed by atoms with van der Waals surface area (Å²) in [6.45, 7) is 0. The predicted octanol–water partition coefficient (Wildman–Crippen LogP) is 3.39. The number of aliphatic hydroxyl groups excluding tert-OH is 1. The first kappa shape index (κ1) is 17.5. The third-order valence-corrected chi connectivity index (χ3v) is 4.22. The van der Waals surface area contributed by atoms with E-state index in [2.05, 4.69) is 10.5 Å². The molecular formula is C17H17F3N2O3. The second kappa shape index (κ2) is 6.87. The number of alkyl halides is 3. The third kappa shape index (κ3) is 4.19. The van der Waals surface area contributed by atoms with Crippen LogP contribution >= 0.6 is 0 Å². The van der Waals surface area contributed by atoms with E-state index in [0.29, 0.717) is 12.0 Å². The van der Waals surface area contributed by atoms with Crippen LogP contribution in [-0.4, -0.2) is 28.3 Å². The number of nitrogens with zero attached hydrogens (tertiary/aromatic N) is 1. The Balaban J connectivity index is 1.68. The van der Waals surface area contributed by atoms with Gasteiger partial charge in [-0.15, -0.1) is 0 Å². The van der Waals surface area contributed by atoms with Crippen molar-refractivity contribution in [1.29, 1.82) is 0 Å². The fraction of sp³-hybridized carbons (Fsp3) is 0.412. The molecule has 0 bridgehead atoms. The van der Waals surface area contributed by atoms with Crippen LogP contribution in [0.15, 0.2) is 34.9 Å². The summed E-state index contributed by atoms with van der Waals surface area (Å²) in [6, 6.07) is 5.69. The number of rotatable bonds is 3. The van der Waals surface area contributed by atoms with Crippen molar-refractivity contribution in [3.63, 3.8) is 0 Å². The molecule has 2 atom stereocenters. The maximum Gasteiger partial charge on any atom is 0.416 e. The standard InChI is InChI=1S/C17H17F3N2O3/c18-17(19,20)11-6-4-10(5-7-11)15-9-14(22-25-15)16(24)21-12-2-1-3-13(23)8-12/h4-7,9,12-13,23H,1-3,8H2,(H,21,24)/t12-,13+/m0/s1. The lowest BCUT2D eigenvalue weighted by Crippen LogP contribution is -2.39.